The number of likely N-dealkylation sites (tertiary alicyclic amines) is 1. The van der Waals surface area contributed by atoms with Crippen molar-refractivity contribution in [3.8, 4) is 0 Å². The van der Waals surface area contributed by atoms with E-state index in [4.69, 9.17) is 11.6 Å². The Labute approximate surface area is 135 Å². The van der Waals surface area contributed by atoms with Crippen LogP contribution in [-0.2, 0) is 6.54 Å². The van der Waals surface area contributed by atoms with E-state index in [1.54, 1.807) is 12.3 Å². The van der Waals surface area contributed by atoms with Crippen molar-refractivity contribution in [2.75, 3.05) is 18.4 Å². The molecule has 0 saturated carbocycles. The highest BCUT2D eigenvalue weighted by atomic mass is 35.5. The fourth-order valence-electron chi connectivity index (χ4n) is 2.51. The quantitative estimate of drug-likeness (QED) is 0.938. The lowest BCUT2D eigenvalue weighted by atomic mass is 10.2. The molecular formula is C17H18ClN3O. The molecule has 22 heavy (non-hydrogen) atoms. The summed E-state index contributed by atoms with van der Waals surface area (Å²) < 4.78 is 0. The Balaban J connectivity index is 1.59. The zero-order chi connectivity index (χ0) is 15.4. The van der Waals surface area contributed by atoms with Gasteiger partial charge in [-0.15, -0.1) is 0 Å². The lowest BCUT2D eigenvalue weighted by Crippen LogP contribution is -2.28. The molecule has 0 unspecified atom stereocenters. The van der Waals surface area contributed by atoms with Crippen LogP contribution in [0.5, 0.6) is 0 Å². The summed E-state index contributed by atoms with van der Waals surface area (Å²) in [5.74, 6) is 0.0294. The van der Waals surface area contributed by atoms with Crippen LogP contribution in [0.4, 0.5) is 5.69 Å². The first-order valence-electron chi connectivity index (χ1n) is 7.46. The largest absolute Gasteiger partial charge is 0.380 e. The highest BCUT2D eigenvalue weighted by Crippen LogP contribution is 2.15. The molecule has 114 valence electrons. The first-order valence-corrected chi connectivity index (χ1v) is 7.84. The second-order valence-corrected chi connectivity index (χ2v) is 5.85. The summed E-state index contributed by atoms with van der Waals surface area (Å²) >= 11 is 5.86. The minimum absolute atomic E-state index is 0.0294. The number of pyridine rings is 1. The third-order valence-corrected chi connectivity index (χ3v) is 4.04. The average molecular weight is 316 g/mol. The summed E-state index contributed by atoms with van der Waals surface area (Å²) in [5.41, 5.74) is 2.55. The van der Waals surface area contributed by atoms with E-state index in [2.05, 4.69) is 10.3 Å². The molecule has 0 atom stereocenters. The molecule has 4 nitrogen and oxygen atoms in total. The van der Waals surface area contributed by atoms with Crippen LogP contribution in [0.25, 0.3) is 0 Å². The SMILES string of the molecule is O=C(c1ccc(NCc2ccc(Cl)cc2)cn1)N1CCCC1. The number of halogens is 1. The number of hydrogen-bond donors (Lipinski definition) is 1. The number of carbonyl (C=O) groups is 1. The predicted molar refractivity (Wildman–Crippen MR) is 88.2 cm³/mol. The van der Waals surface area contributed by atoms with Crippen LogP contribution in [0, 0.1) is 0 Å². The monoisotopic (exact) mass is 315 g/mol. The summed E-state index contributed by atoms with van der Waals surface area (Å²) in [6.45, 7) is 2.38. The maximum absolute atomic E-state index is 12.2. The van der Waals surface area contributed by atoms with E-state index in [9.17, 15) is 4.79 Å². The Kier molecular flexibility index (Phi) is 4.59. The molecular weight excluding hydrogens is 298 g/mol. The highest BCUT2D eigenvalue weighted by Gasteiger charge is 2.20. The van der Waals surface area contributed by atoms with Crippen molar-refractivity contribution in [2.24, 2.45) is 0 Å². The van der Waals surface area contributed by atoms with Crippen LogP contribution < -0.4 is 5.32 Å². The number of carbonyl (C=O) groups excluding carboxylic acids is 1. The first-order chi connectivity index (χ1) is 10.7. The van der Waals surface area contributed by atoms with Crippen molar-refractivity contribution in [3.63, 3.8) is 0 Å². The van der Waals surface area contributed by atoms with Gasteiger partial charge in [0.25, 0.3) is 5.91 Å². The second kappa shape index (κ2) is 6.79. The molecule has 0 radical (unpaired) electrons. The molecule has 0 aliphatic carbocycles. The van der Waals surface area contributed by atoms with Crippen molar-refractivity contribution in [2.45, 2.75) is 19.4 Å². The Morgan fingerprint density at radius 2 is 1.86 bits per heavy atom. The predicted octanol–water partition coefficient (Wildman–Crippen LogP) is 3.58. The Bertz CT molecular complexity index is 634. The molecule has 1 aliphatic heterocycles. The molecule has 1 aromatic carbocycles. The van der Waals surface area contributed by atoms with Crippen molar-refractivity contribution in [1.82, 2.24) is 9.88 Å². The first kappa shape index (κ1) is 14.9. The Hall–Kier alpha value is -2.07. The van der Waals surface area contributed by atoms with Gasteiger partial charge in [0.1, 0.15) is 5.69 Å². The zero-order valence-corrected chi connectivity index (χ0v) is 13.0. The van der Waals surface area contributed by atoms with E-state index < -0.39 is 0 Å². The summed E-state index contributed by atoms with van der Waals surface area (Å²) in [7, 11) is 0. The van der Waals surface area contributed by atoms with Gasteiger partial charge in [0.2, 0.25) is 0 Å². The number of rotatable bonds is 4. The van der Waals surface area contributed by atoms with Gasteiger partial charge in [0.15, 0.2) is 0 Å². The van der Waals surface area contributed by atoms with E-state index >= 15 is 0 Å². The smallest absolute Gasteiger partial charge is 0.272 e. The maximum Gasteiger partial charge on any atom is 0.272 e. The summed E-state index contributed by atoms with van der Waals surface area (Å²) in [4.78, 5) is 18.3. The fourth-order valence-corrected chi connectivity index (χ4v) is 2.64. The van der Waals surface area contributed by atoms with Crippen molar-refractivity contribution in [3.05, 3.63) is 58.9 Å². The standard InChI is InChI=1S/C17H18ClN3O/c18-14-5-3-13(4-6-14)11-19-15-7-8-16(20-12-15)17(22)21-9-1-2-10-21/h3-8,12,19H,1-2,9-11H2. The van der Waals surface area contributed by atoms with Crippen LogP contribution in [0.2, 0.25) is 5.02 Å². The topological polar surface area (TPSA) is 45.2 Å². The van der Waals surface area contributed by atoms with Gasteiger partial charge in [-0.2, -0.15) is 0 Å². The van der Waals surface area contributed by atoms with Gasteiger partial charge < -0.3 is 10.2 Å². The molecule has 1 fully saturated rings. The van der Waals surface area contributed by atoms with Gasteiger partial charge in [-0.1, -0.05) is 23.7 Å². The zero-order valence-electron chi connectivity index (χ0n) is 12.3. The molecule has 0 spiro atoms. The highest BCUT2D eigenvalue weighted by molar-refractivity contribution is 6.30. The van der Waals surface area contributed by atoms with Gasteiger partial charge >= 0.3 is 0 Å². The molecule has 5 heteroatoms. The number of hydrogen-bond acceptors (Lipinski definition) is 3. The minimum Gasteiger partial charge on any atom is -0.380 e. The molecule has 1 aliphatic rings. The van der Waals surface area contributed by atoms with E-state index in [0.29, 0.717) is 12.2 Å². The lowest BCUT2D eigenvalue weighted by molar-refractivity contribution is 0.0787. The summed E-state index contributed by atoms with van der Waals surface area (Å²) in [6.07, 6.45) is 3.89. The Morgan fingerprint density at radius 3 is 2.50 bits per heavy atom. The van der Waals surface area contributed by atoms with Crippen LogP contribution in [0.15, 0.2) is 42.6 Å². The van der Waals surface area contributed by atoms with E-state index in [1.807, 2.05) is 35.2 Å². The average Bonchev–Trinajstić information content (AvgIpc) is 3.09. The van der Waals surface area contributed by atoms with Crippen LogP contribution in [-0.4, -0.2) is 28.9 Å². The van der Waals surface area contributed by atoms with Gasteiger partial charge in [-0.05, 0) is 42.7 Å². The molecule has 0 bridgehead atoms. The number of aromatic nitrogens is 1. The number of nitrogens with one attached hydrogen (secondary N) is 1. The van der Waals surface area contributed by atoms with Crippen LogP contribution in [0.1, 0.15) is 28.9 Å². The normalized spacial score (nSPS) is 14.1. The summed E-state index contributed by atoms with van der Waals surface area (Å²) in [6, 6.07) is 11.4. The number of amides is 1. The molecule has 1 saturated heterocycles. The number of benzene rings is 1. The molecule has 2 aromatic rings. The van der Waals surface area contributed by atoms with Crippen molar-refractivity contribution < 1.29 is 4.79 Å². The maximum atomic E-state index is 12.2. The van der Waals surface area contributed by atoms with E-state index in [1.165, 1.54) is 0 Å². The van der Waals surface area contributed by atoms with Crippen LogP contribution >= 0.6 is 11.6 Å². The third-order valence-electron chi connectivity index (χ3n) is 3.79. The molecule has 2 heterocycles. The van der Waals surface area contributed by atoms with Crippen molar-refractivity contribution >= 4 is 23.2 Å². The molecule has 1 amide bonds. The second-order valence-electron chi connectivity index (χ2n) is 5.41. The minimum atomic E-state index is 0.0294. The van der Waals surface area contributed by atoms with E-state index in [-0.39, 0.29) is 5.91 Å². The van der Waals surface area contributed by atoms with Gasteiger partial charge in [-0.25, -0.2) is 4.98 Å². The summed E-state index contributed by atoms with van der Waals surface area (Å²) in [5, 5.41) is 4.02. The Morgan fingerprint density at radius 1 is 1.14 bits per heavy atom. The fraction of sp³-hybridized carbons (Fsp3) is 0.294. The van der Waals surface area contributed by atoms with Gasteiger partial charge in [0.05, 0.1) is 11.9 Å². The van der Waals surface area contributed by atoms with Crippen molar-refractivity contribution in [1.29, 1.82) is 0 Å². The van der Waals surface area contributed by atoms with Crippen LogP contribution in [0.3, 0.4) is 0 Å². The van der Waals surface area contributed by atoms with Gasteiger partial charge in [0, 0.05) is 24.7 Å². The van der Waals surface area contributed by atoms with Gasteiger partial charge in [-0.3, -0.25) is 4.79 Å². The lowest BCUT2D eigenvalue weighted by Gasteiger charge is -2.14. The molecule has 3 rings (SSSR count). The number of anilines is 1. The number of nitrogens with zero attached hydrogens (tertiary/aromatic N) is 2. The van der Waals surface area contributed by atoms with E-state index in [0.717, 1.165) is 42.2 Å². The molecule has 1 aromatic heterocycles. The third kappa shape index (κ3) is 3.57. The molecule has 1 N–H and O–H groups in total.